The van der Waals surface area contributed by atoms with E-state index in [9.17, 15) is 9.59 Å². The summed E-state index contributed by atoms with van der Waals surface area (Å²) in [6, 6.07) is 0. The maximum absolute atomic E-state index is 10.7. The third kappa shape index (κ3) is 3.14. The minimum absolute atomic E-state index is 0.172. The van der Waals surface area contributed by atoms with E-state index in [2.05, 4.69) is 4.98 Å². The van der Waals surface area contributed by atoms with Crippen LogP contribution in [0.4, 0.5) is 0 Å². The minimum atomic E-state index is -1.10. The van der Waals surface area contributed by atoms with E-state index in [1.165, 1.54) is 11.3 Å². The van der Waals surface area contributed by atoms with Gasteiger partial charge in [0.2, 0.25) is 0 Å². The van der Waals surface area contributed by atoms with E-state index in [1.807, 2.05) is 0 Å². The van der Waals surface area contributed by atoms with Crippen molar-refractivity contribution in [3.8, 4) is 0 Å². The van der Waals surface area contributed by atoms with Crippen molar-refractivity contribution < 1.29 is 19.8 Å². The quantitative estimate of drug-likeness (QED) is 0.760. The molecular weight excluding hydrogens is 206 g/mol. The molecule has 0 unspecified atom stereocenters. The molecule has 5 nitrogen and oxygen atoms in total. The van der Waals surface area contributed by atoms with Gasteiger partial charge in [-0.15, -0.1) is 11.3 Å². The predicted octanol–water partition coefficient (Wildman–Crippen LogP) is 0.861. The van der Waals surface area contributed by atoms with Gasteiger partial charge in [-0.25, -0.2) is 4.98 Å². The molecular formula is C8H9NO4S. The molecule has 0 radical (unpaired) electrons. The van der Waals surface area contributed by atoms with Gasteiger partial charge in [0.15, 0.2) is 0 Å². The Labute approximate surface area is 84.0 Å². The van der Waals surface area contributed by atoms with E-state index in [-0.39, 0.29) is 12.8 Å². The van der Waals surface area contributed by atoms with Gasteiger partial charge in [-0.1, -0.05) is 0 Å². The van der Waals surface area contributed by atoms with Crippen LogP contribution in [0.3, 0.4) is 0 Å². The summed E-state index contributed by atoms with van der Waals surface area (Å²) in [5, 5.41) is 18.9. The lowest BCUT2D eigenvalue weighted by Gasteiger charge is -2.06. The van der Waals surface area contributed by atoms with Crippen LogP contribution >= 0.6 is 11.3 Å². The Kier molecular flexibility index (Phi) is 3.58. The molecule has 1 aromatic rings. The van der Waals surface area contributed by atoms with Crippen molar-refractivity contribution in [2.45, 2.75) is 12.8 Å². The second-order valence-electron chi connectivity index (χ2n) is 2.82. The molecule has 1 atom stereocenters. The van der Waals surface area contributed by atoms with E-state index < -0.39 is 17.9 Å². The van der Waals surface area contributed by atoms with Crippen LogP contribution in [-0.4, -0.2) is 27.1 Å². The second kappa shape index (κ2) is 4.71. The van der Waals surface area contributed by atoms with Crippen molar-refractivity contribution in [1.29, 1.82) is 0 Å². The summed E-state index contributed by atoms with van der Waals surface area (Å²) in [5.41, 5.74) is 2.22. The average Bonchev–Trinajstić information content (AvgIpc) is 2.54. The van der Waals surface area contributed by atoms with Crippen molar-refractivity contribution in [3.05, 3.63) is 16.6 Å². The van der Waals surface area contributed by atoms with E-state index >= 15 is 0 Å². The summed E-state index contributed by atoms with van der Waals surface area (Å²) in [6.07, 6.45) is -0.196. The zero-order valence-corrected chi connectivity index (χ0v) is 8.03. The smallest absolute Gasteiger partial charge is 0.307 e. The third-order valence-corrected chi connectivity index (χ3v) is 2.34. The van der Waals surface area contributed by atoms with E-state index in [0.717, 1.165) is 0 Å². The molecule has 0 saturated heterocycles. The number of aliphatic carboxylic acids is 2. The van der Waals surface area contributed by atoms with Gasteiger partial charge >= 0.3 is 11.9 Å². The predicted molar refractivity (Wildman–Crippen MR) is 49.2 cm³/mol. The van der Waals surface area contributed by atoms with Gasteiger partial charge in [0.25, 0.3) is 0 Å². The van der Waals surface area contributed by atoms with Crippen LogP contribution in [0.5, 0.6) is 0 Å². The van der Waals surface area contributed by atoms with Crippen molar-refractivity contribution in [3.63, 3.8) is 0 Å². The SMILES string of the molecule is O=C(O)C[C@@H](Cc1cscn1)C(=O)O. The monoisotopic (exact) mass is 215 g/mol. The average molecular weight is 215 g/mol. The molecule has 0 aromatic carbocycles. The fourth-order valence-corrected chi connectivity index (χ4v) is 1.62. The summed E-state index contributed by atoms with van der Waals surface area (Å²) in [7, 11) is 0. The molecule has 76 valence electrons. The standard InChI is InChI=1S/C8H9NO4S/c10-7(11)2-5(8(12)13)1-6-3-14-4-9-6/h3-5H,1-2H2,(H,10,11)(H,12,13)/t5-/m1/s1. The van der Waals surface area contributed by atoms with Crippen molar-refractivity contribution in [2.75, 3.05) is 0 Å². The molecule has 6 heteroatoms. The molecule has 0 spiro atoms. The molecule has 0 amide bonds. The minimum Gasteiger partial charge on any atom is -0.481 e. The first-order chi connectivity index (χ1) is 6.59. The Hall–Kier alpha value is -1.43. The van der Waals surface area contributed by atoms with Crippen LogP contribution < -0.4 is 0 Å². The Morgan fingerprint density at radius 2 is 2.21 bits per heavy atom. The Morgan fingerprint density at radius 3 is 2.64 bits per heavy atom. The first kappa shape index (κ1) is 10.6. The first-order valence-corrected chi connectivity index (χ1v) is 4.85. The number of hydrogen-bond donors (Lipinski definition) is 2. The summed E-state index contributed by atoms with van der Waals surface area (Å²) in [4.78, 5) is 24.9. The summed E-state index contributed by atoms with van der Waals surface area (Å²) in [6.45, 7) is 0. The maximum Gasteiger partial charge on any atom is 0.307 e. The lowest BCUT2D eigenvalue weighted by molar-refractivity contribution is -0.148. The topological polar surface area (TPSA) is 87.5 Å². The van der Waals surface area contributed by atoms with Crippen molar-refractivity contribution in [1.82, 2.24) is 4.98 Å². The maximum atomic E-state index is 10.7. The zero-order chi connectivity index (χ0) is 10.6. The number of thiazole rings is 1. The fraction of sp³-hybridized carbons (Fsp3) is 0.375. The van der Waals surface area contributed by atoms with Crippen LogP contribution in [0.1, 0.15) is 12.1 Å². The zero-order valence-electron chi connectivity index (χ0n) is 7.21. The molecule has 0 aliphatic rings. The van der Waals surface area contributed by atoms with Gasteiger partial charge in [0.1, 0.15) is 0 Å². The van der Waals surface area contributed by atoms with E-state index in [0.29, 0.717) is 5.69 Å². The van der Waals surface area contributed by atoms with Gasteiger partial charge in [-0.2, -0.15) is 0 Å². The highest BCUT2D eigenvalue weighted by Gasteiger charge is 2.21. The lowest BCUT2D eigenvalue weighted by atomic mass is 10.0. The summed E-state index contributed by atoms with van der Waals surface area (Å²) < 4.78 is 0. The van der Waals surface area contributed by atoms with Crippen LogP contribution in [0, 0.1) is 5.92 Å². The summed E-state index contributed by atoms with van der Waals surface area (Å²) >= 11 is 1.36. The Balaban J connectivity index is 2.60. The third-order valence-electron chi connectivity index (χ3n) is 1.71. The van der Waals surface area contributed by atoms with Crippen molar-refractivity contribution in [2.24, 2.45) is 5.92 Å². The highest BCUT2D eigenvalue weighted by Crippen LogP contribution is 2.12. The number of carboxylic acid groups (broad SMARTS) is 2. The van der Waals surface area contributed by atoms with Crippen LogP contribution in [-0.2, 0) is 16.0 Å². The van der Waals surface area contributed by atoms with Crippen molar-refractivity contribution >= 4 is 23.3 Å². The van der Waals surface area contributed by atoms with Crippen LogP contribution in [0.25, 0.3) is 0 Å². The van der Waals surface area contributed by atoms with Crippen LogP contribution in [0.15, 0.2) is 10.9 Å². The normalized spacial score (nSPS) is 12.3. The highest BCUT2D eigenvalue weighted by molar-refractivity contribution is 7.07. The first-order valence-electron chi connectivity index (χ1n) is 3.91. The number of aromatic nitrogens is 1. The number of nitrogens with zero attached hydrogens (tertiary/aromatic N) is 1. The molecule has 0 aliphatic carbocycles. The summed E-state index contributed by atoms with van der Waals surface area (Å²) in [5.74, 6) is -3.09. The number of hydrogen-bond acceptors (Lipinski definition) is 4. The van der Waals surface area contributed by atoms with Gasteiger partial charge in [-0.3, -0.25) is 9.59 Å². The van der Waals surface area contributed by atoms with Gasteiger partial charge in [0, 0.05) is 11.8 Å². The van der Waals surface area contributed by atoms with Gasteiger partial charge < -0.3 is 10.2 Å². The van der Waals surface area contributed by atoms with E-state index in [4.69, 9.17) is 10.2 Å². The largest absolute Gasteiger partial charge is 0.481 e. The fourth-order valence-electron chi connectivity index (χ4n) is 1.05. The lowest BCUT2D eigenvalue weighted by Crippen LogP contribution is -2.20. The molecule has 0 fully saturated rings. The number of carbonyl (C=O) groups is 2. The molecule has 0 bridgehead atoms. The highest BCUT2D eigenvalue weighted by atomic mass is 32.1. The molecule has 0 saturated carbocycles. The Bertz CT molecular complexity index is 322. The molecule has 1 rings (SSSR count). The molecule has 2 N–H and O–H groups in total. The molecule has 1 aromatic heterocycles. The second-order valence-corrected chi connectivity index (χ2v) is 3.54. The van der Waals surface area contributed by atoms with Gasteiger partial charge in [0.05, 0.1) is 23.5 Å². The van der Waals surface area contributed by atoms with Crippen LogP contribution in [0.2, 0.25) is 0 Å². The number of rotatable bonds is 5. The molecule has 14 heavy (non-hydrogen) atoms. The van der Waals surface area contributed by atoms with E-state index in [1.54, 1.807) is 10.9 Å². The molecule has 1 heterocycles. The Morgan fingerprint density at radius 1 is 1.50 bits per heavy atom. The molecule has 0 aliphatic heterocycles. The van der Waals surface area contributed by atoms with Gasteiger partial charge in [-0.05, 0) is 0 Å². The number of carboxylic acids is 2.